The van der Waals surface area contributed by atoms with Gasteiger partial charge in [0.1, 0.15) is 6.29 Å². The fourth-order valence-electron chi connectivity index (χ4n) is 1.88. The number of hydrogen-bond donors (Lipinski definition) is 0. The fourth-order valence-corrected chi connectivity index (χ4v) is 1.88. The van der Waals surface area contributed by atoms with Gasteiger partial charge in [-0.15, -0.1) is 0 Å². The van der Waals surface area contributed by atoms with Crippen LogP contribution in [0, 0.1) is 0 Å². The van der Waals surface area contributed by atoms with Crippen LogP contribution >= 0.6 is 0 Å². The zero-order chi connectivity index (χ0) is 14.5. The van der Waals surface area contributed by atoms with Crippen LogP contribution in [0.15, 0.2) is 24.3 Å². The predicted molar refractivity (Wildman–Crippen MR) is 71.3 cm³/mol. The highest BCUT2D eigenvalue weighted by Gasteiger charge is 2.33. The van der Waals surface area contributed by atoms with Gasteiger partial charge in [0.05, 0.1) is 13.1 Å². The Kier molecular flexibility index (Phi) is 4.52. The molecule has 1 saturated heterocycles. The number of benzene rings is 1. The third-order valence-electron chi connectivity index (χ3n) is 2.85. The number of carbonyl (C=O) groups is 3. The molecule has 1 heterocycles. The van der Waals surface area contributed by atoms with Gasteiger partial charge < -0.3 is 14.1 Å². The largest absolute Gasteiger partial charge is 0.636 e. The van der Waals surface area contributed by atoms with Gasteiger partial charge in [0.15, 0.2) is 0 Å². The van der Waals surface area contributed by atoms with Crippen molar-refractivity contribution in [2.45, 2.75) is 6.42 Å². The summed E-state index contributed by atoms with van der Waals surface area (Å²) in [5.74, 6) is -0.913. The molecule has 104 valence electrons. The summed E-state index contributed by atoms with van der Waals surface area (Å²) in [6, 6.07) is 6.82. The van der Waals surface area contributed by atoms with Gasteiger partial charge in [0.2, 0.25) is 0 Å². The molecule has 2 rings (SSSR count). The van der Waals surface area contributed by atoms with Crippen molar-refractivity contribution in [1.29, 1.82) is 0 Å². The van der Waals surface area contributed by atoms with Crippen molar-refractivity contribution in [1.82, 2.24) is 4.90 Å². The molecule has 0 N–H and O–H groups in total. The second kappa shape index (κ2) is 6.34. The highest BCUT2D eigenvalue weighted by Crippen LogP contribution is 2.03. The normalized spacial score (nSPS) is 16.9. The minimum Gasteiger partial charge on any atom is -0.494 e. The first-order valence-corrected chi connectivity index (χ1v) is 6.18. The molecule has 0 amide bonds. The molecule has 7 heteroatoms. The minimum atomic E-state index is -1.03. The molecule has 6 nitrogen and oxygen atoms in total. The second-order valence-electron chi connectivity index (χ2n) is 4.60. The number of hydrogen-bond acceptors (Lipinski definition) is 6. The highest BCUT2D eigenvalue weighted by molar-refractivity contribution is 6.64. The monoisotopic (exact) mass is 275 g/mol. The van der Waals surface area contributed by atoms with Crippen molar-refractivity contribution in [3.8, 4) is 0 Å². The van der Waals surface area contributed by atoms with E-state index in [-0.39, 0.29) is 13.1 Å². The maximum atomic E-state index is 11.6. The van der Waals surface area contributed by atoms with E-state index in [1.54, 1.807) is 31.3 Å². The van der Waals surface area contributed by atoms with Crippen LogP contribution < -0.4 is 5.46 Å². The van der Waals surface area contributed by atoms with Gasteiger partial charge in [0, 0.05) is 11.9 Å². The average Bonchev–Trinajstić information content (AvgIpc) is 2.37. The highest BCUT2D eigenvalue weighted by atomic mass is 16.6. The quantitative estimate of drug-likeness (QED) is 0.529. The lowest BCUT2D eigenvalue weighted by Gasteiger charge is -2.22. The zero-order valence-electron chi connectivity index (χ0n) is 11.1. The summed E-state index contributed by atoms with van der Waals surface area (Å²) in [5.41, 5.74) is 1.40. The van der Waals surface area contributed by atoms with Crippen molar-refractivity contribution in [2.75, 3.05) is 20.1 Å². The van der Waals surface area contributed by atoms with Crippen molar-refractivity contribution in [2.24, 2.45) is 0 Å². The minimum absolute atomic E-state index is 0.0365. The summed E-state index contributed by atoms with van der Waals surface area (Å²) in [6.07, 6.45) is 1.12. The first kappa shape index (κ1) is 14.3. The summed E-state index contributed by atoms with van der Waals surface area (Å²) in [4.78, 5) is 35.1. The van der Waals surface area contributed by atoms with E-state index in [1.165, 1.54) is 4.90 Å². The second-order valence-corrected chi connectivity index (χ2v) is 4.60. The van der Waals surface area contributed by atoms with E-state index in [0.717, 1.165) is 11.8 Å². The van der Waals surface area contributed by atoms with Crippen LogP contribution in [-0.4, -0.2) is 50.4 Å². The summed E-state index contributed by atoms with van der Waals surface area (Å²) in [6.45, 7) is 0.0731. The lowest BCUT2D eigenvalue weighted by molar-refractivity contribution is -0.145. The Hall–Kier alpha value is -2.15. The van der Waals surface area contributed by atoms with Crippen LogP contribution in [0.4, 0.5) is 0 Å². The van der Waals surface area contributed by atoms with E-state index in [2.05, 4.69) is 0 Å². The SMILES string of the molecule is CN1CC(=O)OB(c2ccc(CC=O)cc2)OC(=O)C1. The number of aldehydes is 1. The Labute approximate surface area is 116 Å². The lowest BCUT2D eigenvalue weighted by Crippen LogP contribution is -2.47. The van der Waals surface area contributed by atoms with Crippen molar-refractivity contribution >= 4 is 30.8 Å². The van der Waals surface area contributed by atoms with Crippen molar-refractivity contribution < 1.29 is 23.7 Å². The molecule has 0 atom stereocenters. The van der Waals surface area contributed by atoms with Crippen LogP contribution in [0.25, 0.3) is 0 Å². The van der Waals surface area contributed by atoms with Crippen LogP contribution in [0.3, 0.4) is 0 Å². The molecule has 1 aliphatic rings. The third kappa shape index (κ3) is 3.67. The molecule has 0 aromatic heterocycles. The van der Waals surface area contributed by atoms with E-state index in [0.29, 0.717) is 11.9 Å². The molecule has 1 aromatic rings. The van der Waals surface area contributed by atoms with Gasteiger partial charge in [-0.2, -0.15) is 0 Å². The number of likely N-dealkylation sites (N-methyl/N-ethyl adjacent to an activating group) is 1. The molecule has 20 heavy (non-hydrogen) atoms. The molecule has 0 unspecified atom stereocenters. The molecule has 0 saturated carbocycles. The molecule has 1 aliphatic heterocycles. The third-order valence-corrected chi connectivity index (χ3v) is 2.85. The Bertz CT molecular complexity index is 496. The van der Waals surface area contributed by atoms with Crippen LogP contribution in [0.2, 0.25) is 0 Å². The predicted octanol–water partition coefficient (Wildman–Crippen LogP) is -0.845. The van der Waals surface area contributed by atoms with Gasteiger partial charge in [-0.25, -0.2) is 0 Å². The van der Waals surface area contributed by atoms with E-state index in [4.69, 9.17) is 9.31 Å². The first-order valence-electron chi connectivity index (χ1n) is 6.18. The Morgan fingerprint density at radius 1 is 1.15 bits per heavy atom. The molecule has 0 bridgehead atoms. The summed E-state index contributed by atoms with van der Waals surface area (Å²) >= 11 is 0. The van der Waals surface area contributed by atoms with Crippen molar-refractivity contribution in [3.05, 3.63) is 29.8 Å². The summed E-state index contributed by atoms with van der Waals surface area (Å²) in [5, 5.41) is 0. The van der Waals surface area contributed by atoms with E-state index in [9.17, 15) is 14.4 Å². The van der Waals surface area contributed by atoms with E-state index < -0.39 is 19.1 Å². The summed E-state index contributed by atoms with van der Waals surface area (Å²) in [7, 11) is 0.603. The molecule has 1 aromatic carbocycles. The molecule has 0 radical (unpaired) electrons. The van der Waals surface area contributed by atoms with Crippen LogP contribution in [0.5, 0.6) is 0 Å². The lowest BCUT2D eigenvalue weighted by atomic mass is 9.78. The van der Waals surface area contributed by atoms with Gasteiger partial charge in [-0.3, -0.25) is 14.5 Å². The Morgan fingerprint density at radius 2 is 1.70 bits per heavy atom. The molecular weight excluding hydrogens is 261 g/mol. The van der Waals surface area contributed by atoms with E-state index >= 15 is 0 Å². The number of carbonyl (C=O) groups excluding carboxylic acids is 3. The van der Waals surface area contributed by atoms with Gasteiger partial charge in [0.25, 0.3) is 0 Å². The van der Waals surface area contributed by atoms with Gasteiger partial charge >= 0.3 is 19.1 Å². The number of rotatable bonds is 3. The Balaban J connectivity index is 2.14. The van der Waals surface area contributed by atoms with E-state index in [1.807, 2.05) is 0 Å². The zero-order valence-corrected chi connectivity index (χ0v) is 11.1. The van der Waals surface area contributed by atoms with Crippen molar-refractivity contribution in [3.63, 3.8) is 0 Å². The smallest absolute Gasteiger partial charge is 0.494 e. The maximum absolute atomic E-state index is 11.6. The standard InChI is InChI=1S/C13H14BNO5/c1-15-8-12(17)19-14(20-13(18)9-15)11-4-2-10(3-5-11)6-7-16/h2-5,7H,6,8-9H2,1H3. The topological polar surface area (TPSA) is 72.9 Å². The Morgan fingerprint density at radius 3 is 2.20 bits per heavy atom. The number of nitrogens with zero attached hydrogens (tertiary/aromatic N) is 1. The first-order chi connectivity index (χ1) is 9.58. The van der Waals surface area contributed by atoms with Gasteiger partial charge in [-0.05, 0) is 12.6 Å². The average molecular weight is 275 g/mol. The van der Waals surface area contributed by atoms with Gasteiger partial charge in [-0.1, -0.05) is 24.3 Å². The molecular formula is C13H14BNO5. The molecule has 0 aliphatic carbocycles. The van der Waals surface area contributed by atoms with Crippen LogP contribution in [0.1, 0.15) is 5.56 Å². The summed E-state index contributed by atoms with van der Waals surface area (Å²) < 4.78 is 10.2. The molecule has 1 fully saturated rings. The fraction of sp³-hybridized carbons (Fsp3) is 0.308. The maximum Gasteiger partial charge on any atom is 0.636 e. The van der Waals surface area contributed by atoms with Crippen LogP contribution in [-0.2, 0) is 30.1 Å². The molecule has 0 spiro atoms.